The zero-order chi connectivity index (χ0) is 51.0. The fraction of sp³-hybridized carbons (Fsp3) is 0.565. The van der Waals surface area contributed by atoms with E-state index in [0.717, 1.165) is 43.3 Å². The first-order valence-electron chi connectivity index (χ1n) is 26.3. The third-order valence-corrected chi connectivity index (χ3v) is 12.9. The van der Waals surface area contributed by atoms with Crippen molar-refractivity contribution >= 4 is 12.0 Å². The quantitative estimate of drug-likeness (QED) is 0.0375. The lowest BCUT2D eigenvalue weighted by Gasteiger charge is -2.42. The summed E-state index contributed by atoms with van der Waals surface area (Å²) < 4.78 is 17.5. The van der Waals surface area contributed by atoms with Gasteiger partial charge in [0.15, 0.2) is 6.29 Å². The van der Waals surface area contributed by atoms with E-state index < -0.39 is 36.3 Å². The average Bonchev–Trinajstić information content (AvgIpc) is 3.30. The first-order chi connectivity index (χ1) is 32.9. The smallest absolute Gasteiger partial charge is 0.305 e. The molecule has 0 aromatic heterocycles. The second-order valence-electron chi connectivity index (χ2n) is 20.1. The number of allylic oxidation sites excluding steroid dienone is 19. The number of aryl methyl sites for hydroxylation is 2. The Bertz CT molecular complexity index is 1960. The van der Waals surface area contributed by atoms with Crippen molar-refractivity contribution in [2.45, 2.75) is 222 Å². The van der Waals surface area contributed by atoms with Crippen LogP contribution in [0.25, 0.3) is 6.08 Å². The lowest BCUT2D eigenvalue weighted by molar-refractivity contribution is -0.324. The second-order valence-corrected chi connectivity index (χ2v) is 20.1. The Hall–Kier alpha value is -4.11. The van der Waals surface area contributed by atoms with Crippen LogP contribution in [0.5, 0.6) is 0 Å². The lowest BCUT2D eigenvalue weighted by atomic mass is 9.96. The monoisotopic (exact) mass is 951 g/mol. The van der Waals surface area contributed by atoms with Crippen LogP contribution in [0.1, 0.15) is 187 Å². The number of esters is 1. The summed E-state index contributed by atoms with van der Waals surface area (Å²) >= 11 is 0. The maximum Gasteiger partial charge on any atom is 0.305 e. The molecule has 1 aromatic carbocycles. The molecular weight excluding hydrogens is 857 g/mol. The molecule has 0 aliphatic carbocycles. The Balaban J connectivity index is 1.71. The topological polar surface area (TPSA) is 105 Å². The van der Waals surface area contributed by atoms with Crippen LogP contribution in [-0.4, -0.2) is 64.2 Å². The van der Waals surface area contributed by atoms with Crippen molar-refractivity contribution in [1.82, 2.24) is 0 Å². The molecule has 0 amide bonds. The maximum absolute atomic E-state index is 12.5. The van der Waals surface area contributed by atoms with E-state index in [4.69, 9.17) is 14.2 Å². The molecule has 1 aliphatic heterocycles. The summed E-state index contributed by atoms with van der Waals surface area (Å²) in [5.74, 6) is -0.355. The normalized spacial score (nSPS) is 20.6. The highest BCUT2D eigenvalue weighted by atomic mass is 16.7. The summed E-state index contributed by atoms with van der Waals surface area (Å²) in [5, 5.41) is 32.0. The standard InChI is InChI=1S/C62H94O7/c1-12-13-14-15-16-17-18-19-20-21-22-23-24-40-57(63)67-46-56-58(64)59(65)60(66)61(68-56)69-62(10,11)45-30-39-50(5)37-28-36-49(4)35-27-33-47(2)31-25-26-32-48(3)34-29-38-51(6)41-44-55-53(8)43-42-52(7)54(55)9/h25-29,31-38,41-44,56,58-61,64-66H,12-24,30,39-40,45-46H2,1-11H3. The van der Waals surface area contributed by atoms with Crippen molar-refractivity contribution in [3.8, 4) is 0 Å². The van der Waals surface area contributed by atoms with E-state index in [-0.39, 0.29) is 12.6 Å². The van der Waals surface area contributed by atoms with Gasteiger partial charge in [-0.2, -0.15) is 0 Å². The Labute approximate surface area is 420 Å². The van der Waals surface area contributed by atoms with Crippen LogP contribution >= 0.6 is 0 Å². The third-order valence-electron chi connectivity index (χ3n) is 12.9. The van der Waals surface area contributed by atoms with Gasteiger partial charge >= 0.3 is 5.97 Å². The van der Waals surface area contributed by atoms with Gasteiger partial charge in [0.2, 0.25) is 0 Å². The van der Waals surface area contributed by atoms with E-state index in [2.05, 4.69) is 166 Å². The zero-order valence-electron chi connectivity index (χ0n) is 44.9. The third kappa shape index (κ3) is 27.2. The van der Waals surface area contributed by atoms with E-state index in [1.165, 1.54) is 103 Å². The predicted molar refractivity (Wildman–Crippen MR) is 292 cm³/mol. The minimum absolute atomic E-state index is 0.219. The number of hydrogen-bond donors (Lipinski definition) is 3. The minimum Gasteiger partial charge on any atom is -0.463 e. The SMILES string of the molecule is CCCCCCCCCCCCCCCC(=O)OCC1OC(OC(C)(C)CCCC(C)=CC=CC(C)=CC=CC(C)=CC=CC=C(C)C=CC=C(C)C=Cc2c(C)ccc(C)c2C)C(O)C(O)C1O. The largest absolute Gasteiger partial charge is 0.463 e. The zero-order valence-corrected chi connectivity index (χ0v) is 44.9. The van der Waals surface area contributed by atoms with Crippen LogP contribution in [0.15, 0.2) is 125 Å². The van der Waals surface area contributed by atoms with Crippen molar-refractivity contribution < 1.29 is 34.3 Å². The van der Waals surface area contributed by atoms with Crippen molar-refractivity contribution in [3.63, 3.8) is 0 Å². The molecule has 1 aliphatic rings. The first-order valence-corrected chi connectivity index (χ1v) is 26.3. The van der Waals surface area contributed by atoms with Crippen LogP contribution in [0.3, 0.4) is 0 Å². The number of aliphatic hydroxyl groups excluding tert-OH is 3. The lowest BCUT2D eigenvalue weighted by Crippen LogP contribution is -2.60. The van der Waals surface area contributed by atoms with E-state index in [9.17, 15) is 20.1 Å². The highest BCUT2D eigenvalue weighted by Crippen LogP contribution is 2.29. The van der Waals surface area contributed by atoms with Gasteiger partial charge in [-0.05, 0) is 117 Å². The molecule has 3 N–H and O–H groups in total. The molecule has 1 fully saturated rings. The van der Waals surface area contributed by atoms with E-state index >= 15 is 0 Å². The van der Waals surface area contributed by atoms with E-state index in [0.29, 0.717) is 12.8 Å². The number of unbranched alkanes of at least 4 members (excludes halogenated alkanes) is 12. The number of hydrogen-bond acceptors (Lipinski definition) is 7. The first kappa shape index (κ1) is 61.0. The summed E-state index contributed by atoms with van der Waals surface area (Å²) in [6, 6.07) is 4.37. The van der Waals surface area contributed by atoms with E-state index in [1.807, 2.05) is 13.8 Å². The highest BCUT2D eigenvalue weighted by molar-refractivity contribution is 5.69. The van der Waals surface area contributed by atoms with E-state index in [1.54, 1.807) is 0 Å². The predicted octanol–water partition coefficient (Wildman–Crippen LogP) is 15.4. The van der Waals surface area contributed by atoms with Gasteiger partial charge in [-0.25, -0.2) is 0 Å². The Morgan fingerprint density at radius 2 is 1.07 bits per heavy atom. The molecule has 384 valence electrons. The van der Waals surface area contributed by atoms with Crippen LogP contribution < -0.4 is 0 Å². The second kappa shape index (κ2) is 35.1. The van der Waals surface area contributed by atoms with Crippen LogP contribution in [0, 0.1) is 20.8 Å². The van der Waals surface area contributed by atoms with Gasteiger partial charge < -0.3 is 29.5 Å². The fourth-order valence-corrected chi connectivity index (χ4v) is 8.08. The van der Waals surface area contributed by atoms with Gasteiger partial charge in [0.1, 0.15) is 31.0 Å². The summed E-state index contributed by atoms with van der Waals surface area (Å²) in [6.07, 6.45) is 43.8. The van der Waals surface area contributed by atoms with Gasteiger partial charge in [0.25, 0.3) is 0 Å². The number of rotatable bonds is 32. The summed E-state index contributed by atoms with van der Waals surface area (Å²) in [7, 11) is 0. The molecule has 1 saturated heterocycles. The molecule has 7 nitrogen and oxygen atoms in total. The van der Waals surface area contributed by atoms with Crippen molar-refractivity contribution in [1.29, 1.82) is 0 Å². The molecule has 5 atom stereocenters. The van der Waals surface area contributed by atoms with Gasteiger partial charge in [-0.3, -0.25) is 4.79 Å². The molecular formula is C62H94O7. The molecule has 2 rings (SSSR count). The molecule has 5 unspecified atom stereocenters. The van der Waals surface area contributed by atoms with Gasteiger partial charge in [-0.1, -0.05) is 215 Å². The molecule has 7 heteroatoms. The Morgan fingerprint density at radius 1 is 0.594 bits per heavy atom. The molecule has 0 bridgehead atoms. The molecule has 1 aromatic rings. The number of carbonyl (C=O) groups is 1. The van der Waals surface area contributed by atoms with Gasteiger partial charge in [0.05, 0.1) is 5.60 Å². The number of carbonyl (C=O) groups excluding carboxylic acids is 1. The summed E-state index contributed by atoms with van der Waals surface area (Å²) in [5.41, 5.74) is 10.5. The van der Waals surface area contributed by atoms with Crippen LogP contribution in [0.4, 0.5) is 0 Å². The summed E-state index contributed by atoms with van der Waals surface area (Å²) in [6.45, 7) is 22.9. The van der Waals surface area contributed by atoms with Crippen molar-refractivity contribution in [2.75, 3.05) is 6.61 Å². The maximum atomic E-state index is 12.5. The molecule has 69 heavy (non-hydrogen) atoms. The molecule has 0 spiro atoms. The minimum atomic E-state index is -1.49. The van der Waals surface area contributed by atoms with Crippen LogP contribution in [0.2, 0.25) is 0 Å². The number of ether oxygens (including phenoxy) is 3. The Morgan fingerprint density at radius 3 is 1.62 bits per heavy atom. The van der Waals surface area contributed by atoms with Gasteiger partial charge in [0, 0.05) is 6.42 Å². The van der Waals surface area contributed by atoms with Crippen molar-refractivity contribution in [2.24, 2.45) is 0 Å². The average molecular weight is 951 g/mol. The molecule has 0 saturated carbocycles. The summed E-state index contributed by atoms with van der Waals surface area (Å²) in [4.78, 5) is 12.5. The molecule has 0 radical (unpaired) electrons. The van der Waals surface area contributed by atoms with Crippen molar-refractivity contribution in [3.05, 3.63) is 147 Å². The van der Waals surface area contributed by atoms with Crippen LogP contribution in [-0.2, 0) is 19.0 Å². The molecule has 1 heterocycles. The van der Waals surface area contributed by atoms with Gasteiger partial charge in [-0.15, -0.1) is 0 Å². The highest BCUT2D eigenvalue weighted by Gasteiger charge is 2.46. The Kier molecular flexibility index (Phi) is 31.0. The fourth-order valence-electron chi connectivity index (χ4n) is 8.08. The number of benzene rings is 1. The number of aliphatic hydroxyl groups is 3.